The third kappa shape index (κ3) is 3.24. The van der Waals surface area contributed by atoms with Gasteiger partial charge in [-0.25, -0.2) is 32.7 Å². The summed E-state index contributed by atoms with van der Waals surface area (Å²) >= 11 is 0. The summed E-state index contributed by atoms with van der Waals surface area (Å²) in [6, 6.07) is 3.33. The Labute approximate surface area is 159 Å². The van der Waals surface area contributed by atoms with Crippen LogP contribution in [0.3, 0.4) is 0 Å². The topological polar surface area (TPSA) is 136 Å². The number of halogens is 1. The summed E-state index contributed by atoms with van der Waals surface area (Å²) in [5, 5.41) is 2.17. The molecule has 2 atom stereocenters. The zero-order valence-electron chi connectivity index (χ0n) is 14.7. The van der Waals surface area contributed by atoms with Gasteiger partial charge in [0.1, 0.15) is 23.2 Å². The van der Waals surface area contributed by atoms with Crippen LogP contribution in [0.25, 0.3) is 11.2 Å². The van der Waals surface area contributed by atoms with E-state index < -0.39 is 26.9 Å². The SMILES string of the molecule is CC1C(N)=NC(c2cc(Nc3ncnc4nccnc34)ccc2F)CS1(=O)=O. The molecule has 144 valence electrons. The van der Waals surface area contributed by atoms with E-state index in [1.165, 1.54) is 43.8 Å². The summed E-state index contributed by atoms with van der Waals surface area (Å²) in [4.78, 5) is 20.7. The van der Waals surface area contributed by atoms with Gasteiger partial charge in [0.25, 0.3) is 0 Å². The highest BCUT2D eigenvalue weighted by Gasteiger charge is 2.34. The lowest BCUT2D eigenvalue weighted by molar-refractivity contribution is 0.567. The molecule has 0 radical (unpaired) electrons. The van der Waals surface area contributed by atoms with E-state index in [1.54, 1.807) is 0 Å². The molecule has 28 heavy (non-hydrogen) atoms. The Morgan fingerprint density at radius 3 is 2.75 bits per heavy atom. The number of nitrogens with zero attached hydrogens (tertiary/aromatic N) is 5. The molecule has 3 aromatic rings. The van der Waals surface area contributed by atoms with Crippen LogP contribution in [0.15, 0.2) is 41.9 Å². The monoisotopic (exact) mass is 401 g/mol. The number of nitrogens with one attached hydrogen (secondary N) is 1. The minimum atomic E-state index is -3.51. The Balaban J connectivity index is 1.72. The molecule has 0 aliphatic carbocycles. The number of aliphatic imine (C=N–C) groups is 1. The predicted octanol–water partition coefficient (Wildman–Crippen LogP) is 1.52. The minimum Gasteiger partial charge on any atom is -0.386 e. The second kappa shape index (κ2) is 6.75. The van der Waals surface area contributed by atoms with Gasteiger partial charge in [-0.05, 0) is 25.1 Å². The minimum absolute atomic E-state index is 0.0221. The largest absolute Gasteiger partial charge is 0.386 e. The first kappa shape index (κ1) is 18.2. The number of hydrogen-bond donors (Lipinski definition) is 2. The highest BCUT2D eigenvalue weighted by atomic mass is 32.2. The number of amidine groups is 1. The number of rotatable bonds is 3. The van der Waals surface area contributed by atoms with Crippen LogP contribution < -0.4 is 11.1 Å². The van der Waals surface area contributed by atoms with Crippen molar-refractivity contribution < 1.29 is 12.8 Å². The Hall–Kier alpha value is -3.21. The van der Waals surface area contributed by atoms with Crippen molar-refractivity contribution in [2.24, 2.45) is 10.7 Å². The maximum atomic E-state index is 14.4. The van der Waals surface area contributed by atoms with E-state index in [0.717, 1.165) is 0 Å². The first-order valence-electron chi connectivity index (χ1n) is 8.38. The van der Waals surface area contributed by atoms with E-state index in [9.17, 15) is 12.8 Å². The van der Waals surface area contributed by atoms with Crippen LogP contribution in [0.1, 0.15) is 18.5 Å². The number of fused-ring (bicyclic) bond motifs is 1. The van der Waals surface area contributed by atoms with Gasteiger partial charge in [0.15, 0.2) is 26.8 Å². The van der Waals surface area contributed by atoms with E-state index in [2.05, 4.69) is 30.2 Å². The average Bonchev–Trinajstić information content (AvgIpc) is 2.67. The predicted molar refractivity (Wildman–Crippen MR) is 102 cm³/mol. The summed E-state index contributed by atoms with van der Waals surface area (Å²) in [5.41, 5.74) is 7.24. The van der Waals surface area contributed by atoms with Crippen molar-refractivity contribution in [3.8, 4) is 0 Å². The van der Waals surface area contributed by atoms with Crippen molar-refractivity contribution in [2.75, 3.05) is 11.1 Å². The highest BCUT2D eigenvalue weighted by Crippen LogP contribution is 2.31. The second-order valence-electron chi connectivity index (χ2n) is 6.35. The summed E-state index contributed by atoms with van der Waals surface area (Å²) < 4.78 is 39.0. The van der Waals surface area contributed by atoms with Crippen LogP contribution in [-0.4, -0.2) is 45.2 Å². The Bertz CT molecular complexity index is 1190. The van der Waals surface area contributed by atoms with Crippen molar-refractivity contribution in [1.29, 1.82) is 0 Å². The average molecular weight is 401 g/mol. The van der Waals surface area contributed by atoms with Crippen LogP contribution in [0, 0.1) is 5.82 Å². The van der Waals surface area contributed by atoms with Gasteiger partial charge in [-0.3, -0.25) is 4.99 Å². The summed E-state index contributed by atoms with van der Waals surface area (Å²) in [6.45, 7) is 1.47. The molecule has 0 amide bonds. The van der Waals surface area contributed by atoms with E-state index in [4.69, 9.17) is 5.73 Å². The molecule has 0 bridgehead atoms. The van der Waals surface area contributed by atoms with E-state index in [1.807, 2.05) is 0 Å². The van der Waals surface area contributed by atoms with Gasteiger partial charge < -0.3 is 11.1 Å². The van der Waals surface area contributed by atoms with Gasteiger partial charge in [0.2, 0.25) is 0 Å². The number of hydrogen-bond acceptors (Lipinski definition) is 9. The van der Waals surface area contributed by atoms with Crippen LogP contribution in [0.2, 0.25) is 0 Å². The van der Waals surface area contributed by atoms with Crippen molar-refractivity contribution in [3.63, 3.8) is 0 Å². The zero-order chi connectivity index (χ0) is 19.9. The number of benzene rings is 1. The molecule has 4 rings (SSSR count). The zero-order valence-corrected chi connectivity index (χ0v) is 15.6. The van der Waals surface area contributed by atoms with E-state index in [0.29, 0.717) is 22.7 Å². The van der Waals surface area contributed by atoms with Crippen LogP contribution in [0.4, 0.5) is 15.9 Å². The van der Waals surface area contributed by atoms with Crippen LogP contribution >= 0.6 is 0 Å². The summed E-state index contributed by atoms with van der Waals surface area (Å²) in [5.74, 6) is -0.504. The lowest BCUT2D eigenvalue weighted by Gasteiger charge is -2.24. The highest BCUT2D eigenvalue weighted by molar-refractivity contribution is 7.92. The number of sulfone groups is 1. The van der Waals surface area contributed by atoms with Crippen molar-refractivity contribution in [3.05, 3.63) is 48.3 Å². The summed E-state index contributed by atoms with van der Waals surface area (Å²) in [7, 11) is -3.51. The lowest BCUT2D eigenvalue weighted by Crippen LogP contribution is -2.40. The van der Waals surface area contributed by atoms with Crippen molar-refractivity contribution >= 4 is 38.3 Å². The van der Waals surface area contributed by atoms with Gasteiger partial charge >= 0.3 is 0 Å². The maximum Gasteiger partial charge on any atom is 0.183 e. The molecule has 3 N–H and O–H groups in total. The molecule has 2 aromatic heterocycles. The first-order valence-corrected chi connectivity index (χ1v) is 10.1. The molecule has 1 aliphatic heterocycles. The van der Waals surface area contributed by atoms with Crippen LogP contribution in [0.5, 0.6) is 0 Å². The third-order valence-corrected chi connectivity index (χ3v) is 6.64. The molecular formula is C17H16FN7O2S. The Kier molecular flexibility index (Phi) is 4.38. The van der Waals surface area contributed by atoms with Gasteiger partial charge in [-0.2, -0.15) is 0 Å². The van der Waals surface area contributed by atoms with Crippen molar-refractivity contribution in [2.45, 2.75) is 18.2 Å². The Morgan fingerprint density at radius 1 is 1.18 bits per heavy atom. The molecule has 2 unspecified atom stereocenters. The van der Waals surface area contributed by atoms with Gasteiger partial charge in [-0.15, -0.1) is 0 Å². The second-order valence-corrected chi connectivity index (χ2v) is 8.72. The van der Waals surface area contributed by atoms with E-state index >= 15 is 0 Å². The molecule has 11 heteroatoms. The Morgan fingerprint density at radius 2 is 1.96 bits per heavy atom. The number of aromatic nitrogens is 4. The maximum absolute atomic E-state index is 14.4. The summed E-state index contributed by atoms with van der Waals surface area (Å²) in [6.07, 6.45) is 4.37. The van der Waals surface area contributed by atoms with Gasteiger partial charge in [-0.1, -0.05) is 0 Å². The molecular weight excluding hydrogens is 385 g/mol. The fraction of sp³-hybridized carbons (Fsp3) is 0.235. The molecule has 3 heterocycles. The van der Waals surface area contributed by atoms with Gasteiger partial charge in [0, 0.05) is 23.6 Å². The van der Waals surface area contributed by atoms with Gasteiger partial charge in [0.05, 0.1) is 11.8 Å². The van der Waals surface area contributed by atoms with Crippen LogP contribution in [-0.2, 0) is 9.84 Å². The molecule has 0 saturated carbocycles. The fourth-order valence-corrected chi connectivity index (χ4v) is 4.34. The molecule has 0 saturated heterocycles. The van der Waals surface area contributed by atoms with Crippen molar-refractivity contribution in [1.82, 2.24) is 19.9 Å². The molecule has 1 aliphatic rings. The van der Waals surface area contributed by atoms with E-state index in [-0.39, 0.29) is 17.2 Å². The normalized spacial score (nSPS) is 21.3. The fourth-order valence-electron chi connectivity index (χ4n) is 2.93. The quantitative estimate of drug-likeness (QED) is 0.674. The number of anilines is 2. The molecule has 0 spiro atoms. The first-order chi connectivity index (χ1) is 13.3. The number of nitrogens with two attached hydrogens (primary N) is 1. The smallest absolute Gasteiger partial charge is 0.183 e. The standard InChI is InChI=1S/C17H16FN7O2S/c1-9-15(19)25-13(7-28(9,26)27)11-6-10(2-3-12(11)18)24-17-14-16(22-8-23-17)21-5-4-20-14/h2-6,8-9,13H,7H2,1H3,(H2,19,25)(H,21,22,23,24). The molecule has 0 fully saturated rings. The third-order valence-electron chi connectivity index (χ3n) is 4.54. The molecule has 9 nitrogen and oxygen atoms in total. The molecule has 1 aromatic carbocycles. The lowest BCUT2D eigenvalue weighted by atomic mass is 10.1.